The topological polar surface area (TPSA) is 48.4 Å². The molecule has 2 atom stereocenters. The minimum absolute atomic E-state index is 0.314. The van der Waals surface area contributed by atoms with Gasteiger partial charge in [-0.2, -0.15) is 4.98 Å². The van der Waals surface area contributed by atoms with E-state index >= 15 is 0 Å². The molecule has 2 saturated heterocycles. The molecule has 0 N–H and O–H groups in total. The van der Waals surface area contributed by atoms with Crippen molar-refractivity contribution in [2.24, 2.45) is 10.8 Å². The summed E-state index contributed by atoms with van der Waals surface area (Å²) in [6.07, 6.45) is 1.65. The highest BCUT2D eigenvalue weighted by atomic mass is 32.1. The van der Waals surface area contributed by atoms with Crippen LogP contribution in [0.5, 0.6) is 0 Å². The molecule has 2 fully saturated rings. The smallest absolute Gasteiger partial charge is 0.187 e. The van der Waals surface area contributed by atoms with Crippen LogP contribution < -0.4 is 9.80 Å². The number of aromatic nitrogens is 3. The van der Waals surface area contributed by atoms with Crippen molar-refractivity contribution in [1.29, 1.82) is 0 Å². The Labute approximate surface area is 141 Å². The fraction of sp³-hybridized carbons (Fsp3) is 0.688. The van der Waals surface area contributed by atoms with Crippen molar-refractivity contribution in [2.75, 3.05) is 57.1 Å². The molecule has 0 spiro atoms. The van der Waals surface area contributed by atoms with Gasteiger partial charge in [0.2, 0.25) is 0 Å². The van der Waals surface area contributed by atoms with E-state index in [1.54, 1.807) is 17.7 Å². The number of fused-ring (bicyclic) bond motifs is 2. The van der Waals surface area contributed by atoms with Crippen molar-refractivity contribution in [1.82, 2.24) is 19.9 Å². The monoisotopic (exact) mass is 332 g/mol. The third-order valence-electron chi connectivity index (χ3n) is 5.62. The molecule has 2 aromatic rings. The van der Waals surface area contributed by atoms with Crippen molar-refractivity contribution in [3.8, 4) is 0 Å². The van der Waals surface area contributed by atoms with Crippen LogP contribution in [0.15, 0.2) is 6.33 Å². The van der Waals surface area contributed by atoms with E-state index in [1.807, 2.05) is 19.0 Å². The Morgan fingerprint density at radius 2 is 1.74 bits per heavy atom. The van der Waals surface area contributed by atoms with Crippen molar-refractivity contribution in [3.63, 3.8) is 0 Å². The first-order valence-corrected chi connectivity index (χ1v) is 8.85. The molecular formula is C16H24N6S. The largest absolute Gasteiger partial charge is 0.354 e. The Balaban J connectivity index is 1.74. The molecule has 4 heterocycles. The van der Waals surface area contributed by atoms with Crippen LogP contribution in [0.1, 0.15) is 13.8 Å². The quantitative estimate of drug-likeness (QED) is 0.837. The summed E-state index contributed by atoms with van der Waals surface area (Å²) in [4.78, 5) is 20.6. The van der Waals surface area contributed by atoms with Crippen LogP contribution >= 0.6 is 11.3 Å². The zero-order chi connectivity index (χ0) is 16.4. The zero-order valence-corrected chi connectivity index (χ0v) is 15.3. The number of nitrogens with zero attached hydrogens (tertiary/aromatic N) is 6. The van der Waals surface area contributed by atoms with E-state index in [2.05, 4.69) is 45.6 Å². The summed E-state index contributed by atoms with van der Waals surface area (Å²) >= 11 is 1.68. The predicted molar refractivity (Wildman–Crippen MR) is 95.5 cm³/mol. The maximum atomic E-state index is 4.62. The lowest BCUT2D eigenvalue weighted by atomic mass is 9.71. The van der Waals surface area contributed by atoms with E-state index in [4.69, 9.17) is 0 Å². The molecule has 2 aliphatic rings. The highest BCUT2D eigenvalue weighted by molar-refractivity contribution is 7.22. The summed E-state index contributed by atoms with van der Waals surface area (Å²) in [5.41, 5.74) is 1.44. The molecule has 7 heteroatoms. The van der Waals surface area contributed by atoms with E-state index in [0.29, 0.717) is 10.8 Å². The van der Waals surface area contributed by atoms with Gasteiger partial charge in [0.1, 0.15) is 11.0 Å². The van der Waals surface area contributed by atoms with Crippen LogP contribution in [-0.4, -0.2) is 67.2 Å². The molecule has 0 aliphatic carbocycles. The Hall–Kier alpha value is -1.47. The maximum absolute atomic E-state index is 4.62. The summed E-state index contributed by atoms with van der Waals surface area (Å²) in [6.45, 7) is 9.25. The van der Waals surface area contributed by atoms with Crippen molar-refractivity contribution >= 4 is 32.6 Å². The molecule has 0 bridgehead atoms. The lowest BCUT2D eigenvalue weighted by Gasteiger charge is -2.30. The van der Waals surface area contributed by atoms with Crippen LogP contribution in [0.4, 0.5) is 10.9 Å². The van der Waals surface area contributed by atoms with Gasteiger partial charge in [-0.25, -0.2) is 9.97 Å². The molecular weight excluding hydrogens is 308 g/mol. The molecule has 6 nitrogen and oxygen atoms in total. The maximum Gasteiger partial charge on any atom is 0.187 e. The Morgan fingerprint density at radius 1 is 1.09 bits per heavy atom. The van der Waals surface area contributed by atoms with Crippen LogP contribution in [0, 0.1) is 10.8 Å². The zero-order valence-electron chi connectivity index (χ0n) is 14.5. The molecule has 0 aromatic carbocycles. The fourth-order valence-corrected chi connectivity index (χ4v) is 5.27. The van der Waals surface area contributed by atoms with Gasteiger partial charge in [0.15, 0.2) is 16.6 Å². The second-order valence-electron chi connectivity index (χ2n) is 7.89. The van der Waals surface area contributed by atoms with Gasteiger partial charge < -0.3 is 14.7 Å². The van der Waals surface area contributed by atoms with E-state index in [0.717, 1.165) is 47.5 Å². The van der Waals surface area contributed by atoms with Crippen molar-refractivity contribution in [3.05, 3.63) is 6.33 Å². The molecule has 0 saturated carbocycles. The van der Waals surface area contributed by atoms with Gasteiger partial charge in [-0.15, -0.1) is 0 Å². The van der Waals surface area contributed by atoms with Gasteiger partial charge in [0.05, 0.1) is 0 Å². The first-order chi connectivity index (χ1) is 10.8. The average molecular weight is 332 g/mol. The predicted octanol–water partition coefficient (Wildman–Crippen LogP) is 1.93. The number of thiazole rings is 1. The van der Waals surface area contributed by atoms with Crippen LogP contribution in [-0.2, 0) is 0 Å². The van der Waals surface area contributed by atoms with Gasteiger partial charge in [-0.3, -0.25) is 0 Å². The van der Waals surface area contributed by atoms with E-state index in [9.17, 15) is 0 Å². The van der Waals surface area contributed by atoms with Gasteiger partial charge in [0.25, 0.3) is 0 Å². The summed E-state index contributed by atoms with van der Waals surface area (Å²) in [6, 6.07) is 0. The Bertz CT molecular complexity index is 738. The van der Waals surface area contributed by atoms with Gasteiger partial charge >= 0.3 is 0 Å². The summed E-state index contributed by atoms with van der Waals surface area (Å²) in [5, 5.41) is 0.985. The minimum atomic E-state index is 0.314. The molecule has 4 rings (SSSR count). The number of rotatable bonds is 2. The van der Waals surface area contributed by atoms with Crippen molar-refractivity contribution < 1.29 is 0 Å². The Kier molecular flexibility index (Phi) is 3.13. The van der Waals surface area contributed by atoms with Crippen LogP contribution in [0.25, 0.3) is 10.3 Å². The van der Waals surface area contributed by atoms with Gasteiger partial charge in [-0.05, 0) is 7.05 Å². The first-order valence-electron chi connectivity index (χ1n) is 8.04. The molecule has 2 unspecified atom stereocenters. The van der Waals surface area contributed by atoms with Gasteiger partial charge in [0, 0.05) is 51.1 Å². The SMILES string of the molecule is CN1CC2(C)CN(c3ncnc4nc(N(C)C)sc34)CC2(C)C1. The standard InChI is InChI=1S/C16H24N6S/c1-15-6-21(5)7-16(15,2)9-22(8-15)13-11-12(17-10-18-13)19-14(23-11)20(3)4/h10H,6-9H2,1-5H3. The lowest BCUT2D eigenvalue weighted by Crippen LogP contribution is -2.34. The first kappa shape index (κ1) is 15.1. The fourth-order valence-electron chi connectivity index (χ4n) is 4.31. The second kappa shape index (κ2) is 4.77. The van der Waals surface area contributed by atoms with Crippen molar-refractivity contribution in [2.45, 2.75) is 13.8 Å². The third-order valence-corrected chi connectivity index (χ3v) is 6.83. The second-order valence-corrected chi connectivity index (χ2v) is 8.87. The number of anilines is 2. The summed E-state index contributed by atoms with van der Waals surface area (Å²) in [7, 11) is 6.26. The molecule has 124 valence electrons. The molecule has 0 radical (unpaired) electrons. The molecule has 23 heavy (non-hydrogen) atoms. The third kappa shape index (κ3) is 2.13. The highest BCUT2D eigenvalue weighted by Gasteiger charge is 2.57. The molecule has 2 aromatic heterocycles. The van der Waals surface area contributed by atoms with Crippen LogP contribution in [0.2, 0.25) is 0 Å². The average Bonchev–Trinajstić information content (AvgIpc) is 3.04. The van der Waals surface area contributed by atoms with Gasteiger partial charge in [-0.1, -0.05) is 25.2 Å². The number of likely N-dealkylation sites (tertiary alicyclic amines) is 1. The Morgan fingerprint density at radius 3 is 2.35 bits per heavy atom. The molecule has 0 amide bonds. The highest BCUT2D eigenvalue weighted by Crippen LogP contribution is 2.52. The number of hydrogen-bond donors (Lipinski definition) is 0. The number of hydrogen-bond acceptors (Lipinski definition) is 7. The minimum Gasteiger partial charge on any atom is -0.354 e. The normalized spacial score (nSPS) is 31.1. The van der Waals surface area contributed by atoms with Crippen LogP contribution in [0.3, 0.4) is 0 Å². The summed E-state index contributed by atoms with van der Waals surface area (Å²) in [5.74, 6) is 1.06. The van der Waals surface area contributed by atoms with E-state index < -0.39 is 0 Å². The molecule has 2 aliphatic heterocycles. The van der Waals surface area contributed by atoms with E-state index in [-0.39, 0.29) is 0 Å². The lowest BCUT2D eigenvalue weighted by molar-refractivity contribution is 0.212. The van der Waals surface area contributed by atoms with E-state index in [1.165, 1.54) is 0 Å². The summed E-state index contributed by atoms with van der Waals surface area (Å²) < 4.78 is 1.11.